The molecule has 0 aromatic heterocycles. The lowest BCUT2D eigenvalue weighted by molar-refractivity contribution is -0.133. The lowest BCUT2D eigenvalue weighted by atomic mass is 10.1. The predicted molar refractivity (Wildman–Crippen MR) is 88.6 cm³/mol. The van der Waals surface area contributed by atoms with Crippen LogP contribution in [0.1, 0.15) is 27.1 Å². The Balaban J connectivity index is 2.01. The number of benzene rings is 1. The van der Waals surface area contributed by atoms with E-state index in [1.165, 1.54) is 13.2 Å². The SMILES string of the molecule is COCCN(CC(F)F)C(=O)CCN1C(=O)c2ccc(Br)cc2C1=O. The van der Waals surface area contributed by atoms with Gasteiger partial charge in [0.1, 0.15) is 0 Å². The number of halogens is 3. The van der Waals surface area contributed by atoms with Crippen LogP contribution in [0.4, 0.5) is 8.78 Å². The molecule has 1 aliphatic rings. The second kappa shape index (κ2) is 8.48. The summed E-state index contributed by atoms with van der Waals surface area (Å²) in [7, 11) is 1.40. The Bertz CT molecular complexity index is 684. The Labute approximate surface area is 151 Å². The molecule has 0 saturated carbocycles. The third-order valence-corrected chi connectivity index (χ3v) is 4.25. The van der Waals surface area contributed by atoms with E-state index in [1.54, 1.807) is 12.1 Å². The van der Waals surface area contributed by atoms with Crippen LogP contribution in [0, 0.1) is 0 Å². The van der Waals surface area contributed by atoms with E-state index >= 15 is 0 Å². The van der Waals surface area contributed by atoms with Gasteiger partial charge in [0.05, 0.1) is 24.3 Å². The third-order valence-electron chi connectivity index (χ3n) is 3.76. The summed E-state index contributed by atoms with van der Waals surface area (Å²) in [6, 6.07) is 4.72. The van der Waals surface area contributed by atoms with E-state index in [-0.39, 0.29) is 37.2 Å². The molecule has 1 aromatic rings. The first-order valence-electron chi connectivity index (χ1n) is 7.55. The second-order valence-electron chi connectivity index (χ2n) is 5.43. The summed E-state index contributed by atoms with van der Waals surface area (Å²) in [5.41, 5.74) is 0.528. The van der Waals surface area contributed by atoms with Crippen LogP contribution in [-0.4, -0.2) is 67.3 Å². The molecule has 3 amide bonds. The van der Waals surface area contributed by atoms with Crippen molar-refractivity contribution in [2.24, 2.45) is 0 Å². The molecule has 136 valence electrons. The maximum absolute atomic E-state index is 12.6. The Morgan fingerprint density at radius 2 is 1.96 bits per heavy atom. The van der Waals surface area contributed by atoms with Gasteiger partial charge in [0.25, 0.3) is 18.2 Å². The summed E-state index contributed by atoms with van der Waals surface area (Å²) < 4.78 is 30.7. The van der Waals surface area contributed by atoms with Crippen molar-refractivity contribution in [2.75, 3.05) is 33.4 Å². The first kappa shape index (κ1) is 19.5. The summed E-state index contributed by atoms with van der Waals surface area (Å²) >= 11 is 3.23. The van der Waals surface area contributed by atoms with Crippen molar-refractivity contribution in [3.8, 4) is 0 Å². The van der Waals surface area contributed by atoms with Gasteiger partial charge in [-0.05, 0) is 18.2 Å². The zero-order valence-corrected chi connectivity index (χ0v) is 15.1. The summed E-state index contributed by atoms with van der Waals surface area (Å²) in [4.78, 5) is 38.7. The van der Waals surface area contributed by atoms with Gasteiger partial charge in [-0.25, -0.2) is 8.78 Å². The molecule has 0 saturated heterocycles. The van der Waals surface area contributed by atoms with E-state index in [9.17, 15) is 23.2 Å². The highest BCUT2D eigenvalue weighted by atomic mass is 79.9. The number of methoxy groups -OCH3 is 1. The minimum Gasteiger partial charge on any atom is -0.383 e. The number of hydrogen-bond acceptors (Lipinski definition) is 4. The zero-order chi connectivity index (χ0) is 18.6. The Kier molecular flexibility index (Phi) is 6.60. The molecule has 0 spiro atoms. The van der Waals surface area contributed by atoms with Gasteiger partial charge >= 0.3 is 0 Å². The molecule has 25 heavy (non-hydrogen) atoms. The van der Waals surface area contributed by atoms with Crippen LogP contribution >= 0.6 is 15.9 Å². The van der Waals surface area contributed by atoms with Crippen molar-refractivity contribution in [2.45, 2.75) is 12.8 Å². The van der Waals surface area contributed by atoms with E-state index in [4.69, 9.17) is 4.74 Å². The highest BCUT2D eigenvalue weighted by molar-refractivity contribution is 9.10. The summed E-state index contributed by atoms with van der Waals surface area (Å²) in [6.07, 6.45) is -2.89. The van der Waals surface area contributed by atoms with Crippen LogP contribution in [0.25, 0.3) is 0 Å². The minimum atomic E-state index is -2.67. The molecule has 1 aromatic carbocycles. The predicted octanol–water partition coefficient (Wildman–Crippen LogP) is 2.18. The van der Waals surface area contributed by atoms with Gasteiger partial charge in [0.2, 0.25) is 5.91 Å². The van der Waals surface area contributed by atoms with Crippen molar-refractivity contribution in [3.05, 3.63) is 33.8 Å². The smallest absolute Gasteiger partial charge is 0.261 e. The molecule has 0 N–H and O–H groups in total. The first-order chi connectivity index (χ1) is 11.8. The Hall–Kier alpha value is -1.87. The lowest BCUT2D eigenvalue weighted by Crippen LogP contribution is -2.40. The highest BCUT2D eigenvalue weighted by Gasteiger charge is 2.35. The molecule has 0 aliphatic carbocycles. The topological polar surface area (TPSA) is 66.9 Å². The average molecular weight is 419 g/mol. The van der Waals surface area contributed by atoms with E-state index in [1.807, 2.05) is 0 Å². The van der Waals surface area contributed by atoms with Crippen LogP contribution in [-0.2, 0) is 9.53 Å². The number of nitrogens with zero attached hydrogens (tertiary/aromatic N) is 2. The van der Waals surface area contributed by atoms with Gasteiger partial charge in [0.15, 0.2) is 0 Å². The quantitative estimate of drug-likeness (QED) is 0.606. The first-order valence-corrected chi connectivity index (χ1v) is 8.35. The highest BCUT2D eigenvalue weighted by Crippen LogP contribution is 2.26. The molecular formula is C16H17BrF2N2O4. The van der Waals surface area contributed by atoms with Crippen LogP contribution in [0.15, 0.2) is 22.7 Å². The van der Waals surface area contributed by atoms with Crippen molar-refractivity contribution in [1.29, 1.82) is 0 Å². The van der Waals surface area contributed by atoms with Gasteiger partial charge in [-0.1, -0.05) is 15.9 Å². The van der Waals surface area contributed by atoms with Crippen molar-refractivity contribution >= 4 is 33.7 Å². The van der Waals surface area contributed by atoms with Gasteiger partial charge < -0.3 is 9.64 Å². The summed E-state index contributed by atoms with van der Waals surface area (Å²) in [5, 5.41) is 0. The van der Waals surface area contributed by atoms with E-state index < -0.39 is 30.7 Å². The third kappa shape index (κ3) is 4.60. The molecule has 1 aliphatic heterocycles. The standard InChI is InChI=1S/C16H17BrF2N2O4/c1-25-7-6-20(9-13(18)19)14(22)4-5-21-15(23)11-3-2-10(17)8-12(11)16(21)24/h2-3,8,13H,4-7,9H2,1H3. The molecule has 0 radical (unpaired) electrons. The number of hydrogen-bond donors (Lipinski definition) is 0. The van der Waals surface area contributed by atoms with Crippen molar-refractivity contribution < 1.29 is 27.9 Å². The second-order valence-corrected chi connectivity index (χ2v) is 6.34. The molecule has 0 atom stereocenters. The average Bonchev–Trinajstić information content (AvgIpc) is 2.79. The van der Waals surface area contributed by atoms with Crippen molar-refractivity contribution in [1.82, 2.24) is 9.80 Å². The van der Waals surface area contributed by atoms with E-state index in [2.05, 4.69) is 15.9 Å². The summed E-state index contributed by atoms with van der Waals surface area (Å²) in [5.74, 6) is -1.54. The molecule has 0 bridgehead atoms. The number of carbonyl (C=O) groups is 3. The lowest BCUT2D eigenvalue weighted by Gasteiger charge is -2.23. The number of fused-ring (bicyclic) bond motifs is 1. The number of ether oxygens (including phenoxy) is 1. The molecule has 0 fully saturated rings. The fourth-order valence-corrected chi connectivity index (χ4v) is 2.88. The largest absolute Gasteiger partial charge is 0.383 e. The molecule has 0 unspecified atom stereocenters. The van der Waals surface area contributed by atoms with E-state index in [0.29, 0.717) is 4.47 Å². The fourth-order valence-electron chi connectivity index (χ4n) is 2.52. The van der Waals surface area contributed by atoms with E-state index in [0.717, 1.165) is 9.80 Å². The Morgan fingerprint density at radius 3 is 2.60 bits per heavy atom. The maximum Gasteiger partial charge on any atom is 0.261 e. The molecule has 9 heteroatoms. The van der Waals surface area contributed by atoms with Gasteiger partial charge in [-0.3, -0.25) is 19.3 Å². The van der Waals surface area contributed by atoms with Gasteiger partial charge in [-0.2, -0.15) is 0 Å². The molecule has 1 heterocycles. The minimum absolute atomic E-state index is 0.0226. The molecule has 2 rings (SSSR count). The van der Waals surface area contributed by atoms with Crippen LogP contribution in [0.3, 0.4) is 0 Å². The number of imide groups is 1. The fraction of sp³-hybridized carbons (Fsp3) is 0.438. The number of carbonyl (C=O) groups excluding carboxylic acids is 3. The molecule has 6 nitrogen and oxygen atoms in total. The van der Waals surface area contributed by atoms with Gasteiger partial charge in [-0.15, -0.1) is 0 Å². The van der Waals surface area contributed by atoms with Crippen LogP contribution in [0.5, 0.6) is 0 Å². The zero-order valence-electron chi connectivity index (χ0n) is 13.5. The van der Waals surface area contributed by atoms with Gasteiger partial charge in [0, 0.05) is 31.1 Å². The van der Waals surface area contributed by atoms with Crippen LogP contribution < -0.4 is 0 Å². The van der Waals surface area contributed by atoms with Crippen molar-refractivity contribution in [3.63, 3.8) is 0 Å². The van der Waals surface area contributed by atoms with Crippen LogP contribution in [0.2, 0.25) is 0 Å². The maximum atomic E-state index is 12.6. The summed E-state index contributed by atoms with van der Waals surface area (Å²) in [6.45, 7) is -0.721. The normalized spacial score (nSPS) is 13.6. The molecular weight excluding hydrogens is 402 g/mol. The monoisotopic (exact) mass is 418 g/mol. The number of amides is 3. The number of alkyl halides is 2. The Morgan fingerprint density at radius 1 is 1.28 bits per heavy atom. The number of rotatable bonds is 8.